The highest BCUT2D eigenvalue weighted by molar-refractivity contribution is 5.94. The lowest BCUT2D eigenvalue weighted by atomic mass is 10.2. The highest BCUT2D eigenvalue weighted by atomic mass is 16.1. The molecule has 1 aliphatic heterocycles. The van der Waals surface area contributed by atoms with Gasteiger partial charge in [-0.2, -0.15) is 0 Å². The summed E-state index contributed by atoms with van der Waals surface area (Å²) in [5, 5.41) is 2.95. The summed E-state index contributed by atoms with van der Waals surface area (Å²) in [5.41, 5.74) is 6.95. The lowest BCUT2D eigenvalue weighted by Crippen LogP contribution is -2.26. The first-order chi connectivity index (χ1) is 9.25. The van der Waals surface area contributed by atoms with Crippen LogP contribution in [-0.2, 0) is 0 Å². The zero-order valence-electron chi connectivity index (χ0n) is 11.4. The van der Waals surface area contributed by atoms with Crippen molar-refractivity contribution in [1.29, 1.82) is 0 Å². The molecule has 4 heteroatoms. The third kappa shape index (κ3) is 4.56. The number of rotatable bonds is 6. The van der Waals surface area contributed by atoms with Gasteiger partial charge in [0.1, 0.15) is 0 Å². The molecule has 0 bridgehead atoms. The molecular formula is C15H23N3O. The van der Waals surface area contributed by atoms with Gasteiger partial charge in [0.25, 0.3) is 5.91 Å². The summed E-state index contributed by atoms with van der Waals surface area (Å²) in [6.45, 7) is 4.41. The number of unbranched alkanes of at least 4 members (excludes halogenated alkanes) is 1. The zero-order chi connectivity index (χ0) is 13.5. The van der Waals surface area contributed by atoms with Crippen LogP contribution in [0.25, 0.3) is 0 Å². The molecule has 1 heterocycles. The maximum Gasteiger partial charge on any atom is 0.251 e. The van der Waals surface area contributed by atoms with Gasteiger partial charge in [-0.25, -0.2) is 0 Å². The van der Waals surface area contributed by atoms with Gasteiger partial charge in [-0.1, -0.05) is 0 Å². The van der Waals surface area contributed by atoms with E-state index in [1.54, 1.807) is 24.3 Å². The van der Waals surface area contributed by atoms with Gasteiger partial charge in [0.2, 0.25) is 0 Å². The second-order valence-electron chi connectivity index (χ2n) is 5.13. The Hall–Kier alpha value is -1.55. The third-order valence-corrected chi connectivity index (χ3v) is 3.56. The summed E-state index contributed by atoms with van der Waals surface area (Å²) in [6.07, 6.45) is 4.88. The van der Waals surface area contributed by atoms with Gasteiger partial charge in [-0.15, -0.1) is 0 Å². The average Bonchev–Trinajstić information content (AvgIpc) is 2.92. The molecule has 0 aromatic heterocycles. The van der Waals surface area contributed by atoms with Crippen LogP contribution in [0.3, 0.4) is 0 Å². The average molecular weight is 261 g/mol. The number of nitrogens with two attached hydrogens (primary N) is 1. The minimum absolute atomic E-state index is 0.0128. The van der Waals surface area contributed by atoms with Gasteiger partial charge in [0.15, 0.2) is 0 Å². The molecule has 104 valence electrons. The SMILES string of the molecule is Nc1ccc(C(=O)NCCCCN2CCCC2)cc1. The number of hydrogen-bond donors (Lipinski definition) is 2. The van der Waals surface area contributed by atoms with E-state index in [2.05, 4.69) is 10.2 Å². The minimum Gasteiger partial charge on any atom is -0.399 e. The van der Waals surface area contributed by atoms with Crippen molar-refractivity contribution >= 4 is 11.6 Å². The van der Waals surface area contributed by atoms with E-state index in [0.717, 1.165) is 25.9 Å². The van der Waals surface area contributed by atoms with Crippen LogP contribution in [0.5, 0.6) is 0 Å². The van der Waals surface area contributed by atoms with E-state index in [1.807, 2.05) is 0 Å². The van der Waals surface area contributed by atoms with Gasteiger partial charge in [0.05, 0.1) is 0 Å². The van der Waals surface area contributed by atoms with Crippen LogP contribution in [0.1, 0.15) is 36.0 Å². The van der Waals surface area contributed by atoms with E-state index in [1.165, 1.54) is 25.9 Å². The number of anilines is 1. The van der Waals surface area contributed by atoms with Crippen LogP contribution in [0, 0.1) is 0 Å². The van der Waals surface area contributed by atoms with Crippen molar-refractivity contribution in [2.24, 2.45) is 0 Å². The smallest absolute Gasteiger partial charge is 0.251 e. The second-order valence-corrected chi connectivity index (χ2v) is 5.13. The predicted molar refractivity (Wildman–Crippen MR) is 78.1 cm³/mol. The molecule has 19 heavy (non-hydrogen) atoms. The Bertz CT molecular complexity index is 396. The normalized spacial score (nSPS) is 15.6. The van der Waals surface area contributed by atoms with E-state index in [0.29, 0.717) is 11.3 Å². The number of nitrogens with zero attached hydrogens (tertiary/aromatic N) is 1. The number of likely N-dealkylation sites (tertiary alicyclic amines) is 1. The van der Waals surface area contributed by atoms with E-state index in [9.17, 15) is 4.79 Å². The summed E-state index contributed by atoms with van der Waals surface area (Å²) in [4.78, 5) is 14.3. The monoisotopic (exact) mass is 261 g/mol. The fraction of sp³-hybridized carbons (Fsp3) is 0.533. The van der Waals surface area contributed by atoms with E-state index in [4.69, 9.17) is 5.73 Å². The summed E-state index contributed by atoms with van der Waals surface area (Å²) in [6, 6.07) is 7.02. The Morgan fingerprint density at radius 1 is 1.16 bits per heavy atom. The molecule has 0 spiro atoms. The second kappa shape index (κ2) is 7.14. The van der Waals surface area contributed by atoms with E-state index in [-0.39, 0.29) is 5.91 Å². The van der Waals surface area contributed by atoms with Crippen molar-refractivity contribution in [3.63, 3.8) is 0 Å². The predicted octanol–water partition coefficient (Wildman–Crippen LogP) is 1.87. The molecule has 1 saturated heterocycles. The number of hydrogen-bond acceptors (Lipinski definition) is 3. The first-order valence-corrected chi connectivity index (χ1v) is 7.12. The number of carbonyl (C=O) groups excluding carboxylic acids is 1. The topological polar surface area (TPSA) is 58.4 Å². The van der Waals surface area contributed by atoms with Gasteiger partial charge >= 0.3 is 0 Å². The molecule has 0 atom stereocenters. The number of nitrogen functional groups attached to an aromatic ring is 1. The van der Waals surface area contributed by atoms with E-state index >= 15 is 0 Å². The maximum atomic E-state index is 11.8. The maximum absolute atomic E-state index is 11.8. The van der Waals surface area contributed by atoms with Gasteiger partial charge in [-0.05, 0) is 69.6 Å². The molecule has 1 aliphatic rings. The van der Waals surface area contributed by atoms with Crippen LogP contribution in [0.2, 0.25) is 0 Å². The largest absolute Gasteiger partial charge is 0.399 e. The Kier molecular flexibility index (Phi) is 5.21. The number of carbonyl (C=O) groups is 1. The molecule has 0 saturated carbocycles. The quantitative estimate of drug-likeness (QED) is 0.607. The summed E-state index contributed by atoms with van der Waals surface area (Å²) in [7, 11) is 0. The molecular weight excluding hydrogens is 238 g/mol. The standard InChI is InChI=1S/C15H23N3O/c16-14-7-5-13(6-8-14)15(19)17-9-1-2-10-18-11-3-4-12-18/h5-8H,1-4,9-12,16H2,(H,17,19). The highest BCUT2D eigenvalue weighted by Gasteiger charge is 2.10. The van der Waals surface area contributed by atoms with Crippen LogP contribution >= 0.6 is 0 Å². The molecule has 1 aromatic rings. The summed E-state index contributed by atoms with van der Waals surface area (Å²) < 4.78 is 0. The summed E-state index contributed by atoms with van der Waals surface area (Å²) >= 11 is 0. The van der Waals surface area contributed by atoms with Crippen LogP contribution < -0.4 is 11.1 Å². The fourth-order valence-electron chi connectivity index (χ4n) is 2.41. The van der Waals surface area contributed by atoms with Crippen molar-refractivity contribution in [1.82, 2.24) is 10.2 Å². The van der Waals surface area contributed by atoms with Gasteiger partial charge in [0, 0.05) is 17.8 Å². The molecule has 1 amide bonds. The van der Waals surface area contributed by atoms with E-state index < -0.39 is 0 Å². The van der Waals surface area contributed by atoms with Crippen LogP contribution in [-0.4, -0.2) is 37.0 Å². The molecule has 1 aromatic carbocycles. The van der Waals surface area contributed by atoms with Crippen molar-refractivity contribution in [3.8, 4) is 0 Å². The third-order valence-electron chi connectivity index (χ3n) is 3.56. The van der Waals surface area contributed by atoms with Gasteiger partial charge < -0.3 is 16.0 Å². The summed E-state index contributed by atoms with van der Waals surface area (Å²) in [5.74, 6) is -0.0128. The number of amides is 1. The molecule has 0 radical (unpaired) electrons. The van der Waals surface area contributed by atoms with Crippen molar-refractivity contribution in [2.75, 3.05) is 31.9 Å². The van der Waals surface area contributed by atoms with Crippen molar-refractivity contribution in [3.05, 3.63) is 29.8 Å². The Morgan fingerprint density at radius 2 is 1.84 bits per heavy atom. The van der Waals surface area contributed by atoms with Crippen LogP contribution in [0.4, 0.5) is 5.69 Å². The first-order valence-electron chi connectivity index (χ1n) is 7.12. The lowest BCUT2D eigenvalue weighted by Gasteiger charge is -2.14. The number of benzene rings is 1. The fourth-order valence-corrected chi connectivity index (χ4v) is 2.41. The Morgan fingerprint density at radius 3 is 2.53 bits per heavy atom. The Balaban J connectivity index is 1.59. The van der Waals surface area contributed by atoms with Crippen molar-refractivity contribution in [2.45, 2.75) is 25.7 Å². The highest BCUT2D eigenvalue weighted by Crippen LogP contribution is 2.08. The molecule has 2 rings (SSSR count). The minimum atomic E-state index is -0.0128. The van der Waals surface area contributed by atoms with Crippen molar-refractivity contribution < 1.29 is 4.79 Å². The van der Waals surface area contributed by atoms with Gasteiger partial charge in [-0.3, -0.25) is 4.79 Å². The molecule has 0 aliphatic carbocycles. The Labute approximate surface area is 115 Å². The lowest BCUT2D eigenvalue weighted by molar-refractivity contribution is 0.0952. The molecule has 3 N–H and O–H groups in total. The van der Waals surface area contributed by atoms with Crippen LogP contribution in [0.15, 0.2) is 24.3 Å². The first kappa shape index (κ1) is 13.9. The molecule has 0 unspecified atom stereocenters. The zero-order valence-corrected chi connectivity index (χ0v) is 11.4. The number of nitrogens with one attached hydrogen (secondary N) is 1. The molecule has 4 nitrogen and oxygen atoms in total. The molecule has 1 fully saturated rings.